The van der Waals surface area contributed by atoms with Crippen LogP contribution in [-0.2, 0) is 16.1 Å². The van der Waals surface area contributed by atoms with Crippen molar-refractivity contribution >= 4 is 22.4 Å². The molecule has 40 heavy (non-hydrogen) atoms. The number of rotatable bonds is 8. The van der Waals surface area contributed by atoms with Gasteiger partial charge in [0.25, 0.3) is 0 Å². The van der Waals surface area contributed by atoms with Gasteiger partial charge in [-0.1, -0.05) is 29.8 Å². The summed E-state index contributed by atoms with van der Waals surface area (Å²) in [6, 6.07) is 13.4. The summed E-state index contributed by atoms with van der Waals surface area (Å²) in [5, 5.41) is 12.8. The molecule has 2 aromatic carbocycles. The number of aliphatic carboxylic acids is 1. The van der Waals surface area contributed by atoms with Crippen LogP contribution in [0, 0.1) is 31.6 Å². The van der Waals surface area contributed by atoms with Crippen molar-refractivity contribution in [3.63, 3.8) is 0 Å². The van der Waals surface area contributed by atoms with Crippen LogP contribution >= 0.6 is 11.3 Å². The summed E-state index contributed by atoms with van der Waals surface area (Å²) in [4.78, 5) is 21.6. The standard InChI is InChI=1S/C32H39N3O4S/c1-20-4-9-29(39-18-26-8-5-23(15-21(26)2)22(3)34-10-12-38-13-11-34)27(14-20)28-19-40-32(33-28)35-16-24-6-7-25(17-35)30(24)31(36)37/h4-5,8-9,14-15,19,22,24-25,30H,6-7,10-13,16-18H2,1-3H3,(H,36,37)/t22?,24-,25?,30?/m0/s1. The highest BCUT2D eigenvalue weighted by molar-refractivity contribution is 7.14. The molecule has 2 saturated heterocycles. The number of anilines is 1. The van der Waals surface area contributed by atoms with Gasteiger partial charge in [-0.05, 0) is 74.3 Å². The summed E-state index contributed by atoms with van der Waals surface area (Å²) in [5.41, 5.74) is 6.82. The second-order valence-corrected chi connectivity index (χ2v) is 12.5. The Morgan fingerprint density at radius 2 is 1.88 bits per heavy atom. The molecule has 3 heterocycles. The van der Waals surface area contributed by atoms with Gasteiger partial charge >= 0.3 is 5.97 Å². The number of carboxylic acids is 1. The molecule has 3 fully saturated rings. The van der Waals surface area contributed by atoms with Crippen molar-refractivity contribution in [3.05, 3.63) is 64.0 Å². The Balaban J connectivity index is 1.16. The number of hydrogen-bond acceptors (Lipinski definition) is 7. The van der Waals surface area contributed by atoms with Crippen LogP contribution in [0.25, 0.3) is 11.3 Å². The first-order valence-corrected chi connectivity index (χ1v) is 15.3. The zero-order chi connectivity index (χ0) is 27.8. The van der Waals surface area contributed by atoms with Crippen LogP contribution in [0.15, 0.2) is 41.8 Å². The number of aryl methyl sites for hydroxylation is 2. The van der Waals surface area contributed by atoms with E-state index in [0.717, 1.165) is 79.9 Å². The first-order chi connectivity index (χ1) is 19.4. The molecule has 3 aliphatic rings. The summed E-state index contributed by atoms with van der Waals surface area (Å²) in [5.74, 6) is 0.427. The van der Waals surface area contributed by atoms with Crippen LogP contribution in [0.2, 0.25) is 0 Å². The lowest BCUT2D eigenvalue weighted by molar-refractivity contribution is -0.144. The van der Waals surface area contributed by atoms with Gasteiger partial charge in [0.1, 0.15) is 12.4 Å². The highest BCUT2D eigenvalue weighted by Crippen LogP contribution is 2.44. The molecule has 4 atom stereocenters. The van der Waals surface area contributed by atoms with E-state index < -0.39 is 5.97 Å². The largest absolute Gasteiger partial charge is 0.488 e. The summed E-state index contributed by atoms with van der Waals surface area (Å²) < 4.78 is 12.0. The predicted molar refractivity (Wildman–Crippen MR) is 158 cm³/mol. The van der Waals surface area contributed by atoms with E-state index in [4.69, 9.17) is 14.5 Å². The zero-order valence-corrected chi connectivity index (χ0v) is 24.5. The topological polar surface area (TPSA) is 75.1 Å². The average Bonchev–Trinajstić information content (AvgIpc) is 3.55. The lowest BCUT2D eigenvalue weighted by atomic mass is 9.85. The quantitative estimate of drug-likeness (QED) is 0.365. The number of nitrogens with zero attached hydrogens (tertiary/aromatic N) is 3. The first kappa shape index (κ1) is 27.2. The van der Waals surface area contributed by atoms with E-state index in [0.29, 0.717) is 12.6 Å². The Labute approximate surface area is 240 Å². The van der Waals surface area contributed by atoms with Crippen molar-refractivity contribution < 1.29 is 19.4 Å². The Morgan fingerprint density at radius 3 is 2.58 bits per heavy atom. The molecule has 0 amide bonds. The van der Waals surface area contributed by atoms with Gasteiger partial charge < -0.3 is 19.5 Å². The summed E-state index contributed by atoms with van der Waals surface area (Å²) in [6.07, 6.45) is 2.00. The number of fused-ring (bicyclic) bond motifs is 2. The molecule has 8 heteroatoms. The fraction of sp³-hybridized carbons (Fsp3) is 0.500. The number of benzene rings is 2. The van der Waals surface area contributed by atoms with Crippen molar-refractivity contribution in [2.75, 3.05) is 44.3 Å². The molecule has 2 aliphatic heterocycles. The number of hydrogen-bond donors (Lipinski definition) is 1. The number of carboxylic acid groups (broad SMARTS) is 1. The van der Waals surface area contributed by atoms with Crippen molar-refractivity contribution in [1.29, 1.82) is 0 Å². The van der Waals surface area contributed by atoms with Gasteiger partial charge in [0.05, 0.1) is 24.8 Å². The first-order valence-electron chi connectivity index (χ1n) is 14.5. The van der Waals surface area contributed by atoms with Crippen molar-refractivity contribution in [1.82, 2.24) is 9.88 Å². The Morgan fingerprint density at radius 1 is 1.12 bits per heavy atom. The van der Waals surface area contributed by atoms with E-state index in [2.05, 4.69) is 66.3 Å². The normalized spacial score (nSPS) is 23.8. The maximum atomic E-state index is 11.8. The van der Waals surface area contributed by atoms with Gasteiger partial charge in [-0.2, -0.15) is 0 Å². The van der Waals surface area contributed by atoms with Crippen molar-refractivity contribution in [2.45, 2.75) is 46.3 Å². The van der Waals surface area contributed by atoms with Gasteiger partial charge in [-0.3, -0.25) is 9.69 Å². The van der Waals surface area contributed by atoms with Gasteiger partial charge in [0.15, 0.2) is 5.13 Å². The third-order valence-corrected chi connectivity index (χ3v) is 10.0. The summed E-state index contributed by atoms with van der Waals surface area (Å²) in [6.45, 7) is 12.1. The highest BCUT2D eigenvalue weighted by atomic mass is 32.1. The third kappa shape index (κ3) is 5.49. The minimum atomic E-state index is -0.634. The smallest absolute Gasteiger partial charge is 0.307 e. The Hall–Kier alpha value is -2.94. The van der Waals surface area contributed by atoms with Crippen LogP contribution in [0.3, 0.4) is 0 Å². The van der Waals surface area contributed by atoms with E-state index in [1.54, 1.807) is 11.3 Å². The van der Waals surface area contributed by atoms with Crippen LogP contribution in [0.1, 0.15) is 48.1 Å². The highest BCUT2D eigenvalue weighted by Gasteiger charge is 2.46. The molecule has 1 aliphatic carbocycles. The SMILES string of the molecule is Cc1ccc(OCc2ccc(C(C)N3CCOCC3)cc2C)c(-c2csc(N3CC4CC[C@@H](C3)C4C(=O)O)n2)c1. The number of piperidine rings is 1. The minimum absolute atomic E-state index is 0.201. The maximum absolute atomic E-state index is 11.8. The molecule has 1 N–H and O–H groups in total. The summed E-state index contributed by atoms with van der Waals surface area (Å²) in [7, 11) is 0. The lowest BCUT2D eigenvalue weighted by Gasteiger charge is -2.35. The van der Waals surface area contributed by atoms with E-state index in [1.807, 2.05) is 6.07 Å². The number of thiazole rings is 1. The Bertz CT molecular complexity index is 1350. The molecular weight excluding hydrogens is 522 g/mol. The number of carbonyl (C=O) groups is 1. The maximum Gasteiger partial charge on any atom is 0.307 e. The summed E-state index contributed by atoms with van der Waals surface area (Å²) >= 11 is 1.64. The molecule has 7 nitrogen and oxygen atoms in total. The van der Waals surface area contributed by atoms with Gasteiger partial charge in [0.2, 0.25) is 0 Å². The average molecular weight is 562 g/mol. The minimum Gasteiger partial charge on any atom is -0.488 e. The molecule has 3 unspecified atom stereocenters. The molecule has 0 radical (unpaired) electrons. The molecule has 1 saturated carbocycles. The third-order valence-electron chi connectivity index (χ3n) is 9.12. The van der Waals surface area contributed by atoms with Gasteiger partial charge in [-0.25, -0.2) is 4.98 Å². The fourth-order valence-electron chi connectivity index (χ4n) is 6.76. The van der Waals surface area contributed by atoms with E-state index >= 15 is 0 Å². The van der Waals surface area contributed by atoms with Gasteiger partial charge in [-0.15, -0.1) is 11.3 Å². The molecule has 0 spiro atoms. The number of aromatic nitrogens is 1. The van der Waals surface area contributed by atoms with E-state index in [1.165, 1.54) is 16.7 Å². The fourth-order valence-corrected chi connectivity index (χ4v) is 7.60. The second kappa shape index (κ2) is 11.5. The molecular formula is C32H39N3O4S. The molecule has 6 rings (SSSR count). The second-order valence-electron chi connectivity index (χ2n) is 11.7. The van der Waals surface area contributed by atoms with Crippen molar-refractivity contribution in [3.8, 4) is 17.0 Å². The molecule has 1 aromatic heterocycles. The monoisotopic (exact) mass is 561 g/mol. The van der Waals surface area contributed by atoms with Crippen LogP contribution < -0.4 is 9.64 Å². The molecule has 2 bridgehead atoms. The number of ether oxygens (including phenoxy) is 2. The van der Waals surface area contributed by atoms with Crippen LogP contribution in [0.4, 0.5) is 5.13 Å². The predicted octanol–water partition coefficient (Wildman–Crippen LogP) is 5.95. The molecule has 3 aromatic rings. The van der Waals surface area contributed by atoms with Crippen molar-refractivity contribution in [2.24, 2.45) is 17.8 Å². The van der Waals surface area contributed by atoms with E-state index in [9.17, 15) is 9.90 Å². The van der Waals surface area contributed by atoms with Gasteiger partial charge in [0, 0.05) is 43.2 Å². The molecule has 212 valence electrons. The van der Waals surface area contributed by atoms with E-state index in [-0.39, 0.29) is 17.8 Å². The van der Waals surface area contributed by atoms with Crippen LogP contribution in [0.5, 0.6) is 5.75 Å². The lowest BCUT2D eigenvalue weighted by Crippen LogP contribution is -2.44. The zero-order valence-electron chi connectivity index (χ0n) is 23.6. The number of morpholine rings is 1. The van der Waals surface area contributed by atoms with Crippen LogP contribution in [-0.4, -0.2) is 60.4 Å². The Kier molecular flexibility index (Phi) is 7.84.